The van der Waals surface area contributed by atoms with Crippen LogP contribution in [-0.4, -0.2) is 73.5 Å². The average molecular weight is 409 g/mol. The van der Waals surface area contributed by atoms with Crippen molar-refractivity contribution in [2.75, 3.05) is 31.2 Å². The topological polar surface area (TPSA) is 106 Å². The minimum atomic E-state index is -4.50. The van der Waals surface area contributed by atoms with Gasteiger partial charge in [0.05, 0.1) is 17.1 Å². The van der Waals surface area contributed by atoms with Crippen molar-refractivity contribution in [3.63, 3.8) is 0 Å². The first-order chi connectivity index (χ1) is 12.5. The van der Waals surface area contributed by atoms with Gasteiger partial charge in [-0.3, -0.25) is 9.59 Å². The lowest BCUT2D eigenvalue weighted by Gasteiger charge is -2.29. The third kappa shape index (κ3) is 6.38. The molecule has 0 bridgehead atoms. The Morgan fingerprint density at radius 3 is 2.44 bits per heavy atom. The summed E-state index contributed by atoms with van der Waals surface area (Å²) >= 11 is 0. The van der Waals surface area contributed by atoms with Crippen molar-refractivity contribution in [1.29, 1.82) is 0 Å². The van der Waals surface area contributed by atoms with Crippen molar-refractivity contribution in [3.05, 3.63) is 23.9 Å². The lowest BCUT2D eigenvalue weighted by Crippen LogP contribution is -2.51. The zero-order chi connectivity index (χ0) is 20.2. The van der Waals surface area contributed by atoms with Crippen LogP contribution in [0, 0.1) is 0 Å². The van der Waals surface area contributed by atoms with Crippen LogP contribution in [0.5, 0.6) is 5.88 Å². The number of hydrogen-bond donors (Lipinski definition) is 1. The Morgan fingerprint density at radius 2 is 1.93 bits per heavy atom. The van der Waals surface area contributed by atoms with E-state index >= 15 is 0 Å². The molecule has 0 aliphatic carbocycles. The predicted molar refractivity (Wildman–Crippen MR) is 87.9 cm³/mol. The predicted octanol–water partition coefficient (Wildman–Crippen LogP) is 0.398. The van der Waals surface area contributed by atoms with Crippen molar-refractivity contribution < 1.29 is 35.9 Å². The van der Waals surface area contributed by atoms with Gasteiger partial charge in [-0.15, -0.1) is 0 Å². The molecule has 12 heteroatoms. The number of hydrogen-bond acceptors (Lipinski definition) is 6. The summed E-state index contributed by atoms with van der Waals surface area (Å²) in [6.07, 6.45) is -3.47. The standard InChI is InChI=1S/C15H18F3N3O5S/c1-10(14(23)21-4-6-27(24,25)7-5-21)20-13(22)11-2-3-12(19-8-11)26-9-15(16,17)18/h2-3,8,10H,4-7,9H2,1H3,(H,20,22). The van der Waals surface area contributed by atoms with E-state index in [4.69, 9.17) is 0 Å². The Hall–Kier alpha value is -2.37. The van der Waals surface area contributed by atoms with Gasteiger partial charge in [0.2, 0.25) is 11.8 Å². The van der Waals surface area contributed by atoms with E-state index in [-0.39, 0.29) is 36.0 Å². The van der Waals surface area contributed by atoms with Gasteiger partial charge in [-0.2, -0.15) is 13.2 Å². The number of sulfone groups is 1. The van der Waals surface area contributed by atoms with Crippen molar-refractivity contribution in [2.45, 2.75) is 19.1 Å². The number of carbonyl (C=O) groups excluding carboxylic acids is 2. The fraction of sp³-hybridized carbons (Fsp3) is 0.533. The number of nitrogens with zero attached hydrogens (tertiary/aromatic N) is 2. The van der Waals surface area contributed by atoms with E-state index in [9.17, 15) is 31.2 Å². The highest BCUT2D eigenvalue weighted by Gasteiger charge is 2.29. The summed E-state index contributed by atoms with van der Waals surface area (Å²) in [4.78, 5) is 29.4. The van der Waals surface area contributed by atoms with E-state index in [0.717, 1.165) is 12.3 Å². The zero-order valence-corrected chi connectivity index (χ0v) is 15.1. The molecular weight excluding hydrogens is 391 g/mol. The number of ether oxygens (including phenoxy) is 1. The molecule has 0 radical (unpaired) electrons. The summed E-state index contributed by atoms with van der Waals surface area (Å²) in [5.74, 6) is -1.60. The SMILES string of the molecule is CC(NC(=O)c1ccc(OCC(F)(F)F)nc1)C(=O)N1CCS(=O)(=O)CC1. The van der Waals surface area contributed by atoms with Gasteiger partial charge in [0.15, 0.2) is 16.4 Å². The van der Waals surface area contributed by atoms with Crippen LogP contribution in [0.25, 0.3) is 0 Å². The van der Waals surface area contributed by atoms with Gasteiger partial charge in [-0.05, 0) is 13.0 Å². The number of alkyl halides is 3. The summed E-state index contributed by atoms with van der Waals surface area (Å²) in [5, 5.41) is 2.45. The van der Waals surface area contributed by atoms with E-state index in [1.165, 1.54) is 17.9 Å². The van der Waals surface area contributed by atoms with Crippen LogP contribution in [0.2, 0.25) is 0 Å². The summed E-state index contributed by atoms with van der Waals surface area (Å²) in [6, 6.07) is 1.43. The second-order valence-corrected chi connectivity index (χ2v) is 8.26. The molecule has 8 nitrogen and oxygen atoms in total. The Kier molecular flexibility index (Phi) is 6.29. The maximum absolute atomic E-state index is 12.3. The van der Waals surface area contributed by atoms with Gasteiger partial charge >= 0.3 is 6.18 Å². The zero-order valence-electron chi connectivity index (χ0n) is 14.3. The van der Waals surface area contributed by atoms with Crippen molar-refractivity contribution >= 4 is 21.7 Å². The van der Waals surface area contributed by atoms with Gasteiger partial charge in [-0.1, -0.05) is 0 Å². The molecule has 1 saturated heterocycles. The molecule has 2 amide bonds. The normalized spacial score (nSPS) is 17.9. The lowest BCUT2D eigenvalue weighted by molar-refractivity contribution is -0.154. The summed E-state index contributed by atoms with van der Waals surface area (Å²) < 4.78 is 63.5. The lowest BCUT2D eigenvalue weighted by atomic mass is 10.2. The minimum Gasteiger partial charge on any atom is -0.468 e. The van der Waals surface area contributed by atoms with Gasteiger partial charge in [-0.25, -0.2) is 13.4 Å². The molecule has 1 aliphatic rings. The second-order valence-electron chi connectivity index (χ2n) is 5.96. The molecule has 1 fully saturated rings. The highest BCUT2D eigenvalue weighted by Crippen LogP contribution is 2.17. The highest BCUT2D eigenvalue weighted by molar-refractivity contribution is 7.91. The molecule has 27 heavy (non-hydrogen) atoms. The third-order valence-corrected chi connectivity index (χ3v) is 5.37. The van der Waals surface area contributed by atoms with Crippen LogP contribution in [0.15, 0.2) is 18.3 Å². The van der Waals surface area contributed by atoms with Crippen LogP contribution in [0.3, 0.4) is 0 Å². The quantitative estimate of drug-likeness (QED) is 0.755. The number of halogens is 3. The molecular formula is C15H18F3N3O5S. The van der Waals surface area contributed by atoms with Gasteiger partial charge < -0.3 is 15.0 Å². The van der Waals surface area contributed by atoms with E-state index in [1.807, 2.05) is 0 Å². The van der Waals surface area contributed by atoms with Crippen LogP contribution < -0.4 is 10.1 Å². The summed E-state index contributed by atoms with van der Waals surface area (Å²) in [7, 11) is -3.13. The first kappa shape index (κ1) is 20.9. The second kappa shape index (κ2) is 8.11. The smallest absolute Gasteiger partial charge is 0.422 e. The molecule has 1 unspecified atom stereocenters. The van der Waals surface area contributed by atoms with Gasteiger partial charge in [0.25, 0.3) is 5.91 Å². The Morgan fingerprint density at radius 1 is 1.30 bits per heavy atom. The van der Waals surface area contributed by atoms with Crippen LogP contribution in [-0.2, 0) is 14.6 Å². The van der Waals surface area contributed by atoms with Crippen molar-refractivity contribution in [2.24, 2.45) is 0 Å². The van der Waals surface area contributed by atoms with Crippen LogP contribution >= 0.6 is 0 Å². The largest absolute Gasteiger partial charge is 0.468 e. The molecule has 2 rings (SSSR count). The molecule has 1 aliphatic heterocycles. The first-order valence-corrected chi connectivity index (χ1v) is 9.75. The maximum atomic E-state index is 12.3. The first-order valence-electron chi connectivity index (χ1n) is 7.92. The minimum absolute atomic E-state index is 0.0373. The average Bonchev–Trinajstić information content (AvgIpc) is 2.59. The monoisotopic (exact) mass is 409 g/mol. The maximum Gasteiger partial charge on any atom is 0.422 e. The molecule has 2 heterocycles. The van der Waals surface area contributed by atoms with Crippen LogP contribution in [0.4, 0.5) is 13.2 Å². The fourth-order valence-electron chi connectivity index (χ4n) is 2.30. The molecule has 150 valence electrons. The number of rotatable bonds is 5. The number of aromatic nitrogens is 1. The molecule has 0 saturated carbocycles. The molecule has 1 aromatic rings. The van der Waals surface area contributed by atoms with Crippen molar-refractivity contribution in [1.82, 2.24) is 15.2 Å². The van der Waals surface area contributed by atoms with E-state index in [2.05, 4.69) is 15.0 Å². The molecule has 1 atom stereocenters. The number of pyridine rings is 1. The van der Waals surface area contributed by atoms with Crippen molar-refractivity contribution in [3.8, 4) is 5.88 Å². The molecule has 0 aromatic carbocycles. The number of carbonyl (C=O) groups is 2. The molecule has 1 aromatic heterocycles. The fourth-order valence-corrected chi connectivity index (χ4v) is 3.51. The van der Waals surface area contributed by atoms with E-state index in [1.54, 1.807) is 0 Å². The molecule has 1 N–H and O–H groups in total. The summed E-state index contributed by atoms with van der Waals surface area (Å²) in [6.45, 7) is 0.0859. The summed E-state index contributed by atoms with van der Waals surface area (Å²) in [5.41, 5.74) is 0.0373. The van der Waals surface area contributed by atoms with E-state index in [0.29, 0.717) is 0 Å². The Bertz CT molecular complexity index is 782. The highest BCUT2D eigenvalue weighted by atomic mass is 32.2. The van der Waals surface area contributed by atoms with Gasteiger partial charge in [0, 0.05) is 25.4 Å². The Labute approximate surface area is 153 Å². The van der Waals surface area contributed by atoms with Gasteiger partial charge in [0.1, 0.15) is 6.04 Å². The van der Waals surface area contributed by atoms with E-state index < -0.39 is 40.5 Å². The van der Waals surface area contributed by atoms with Crippen LogP contribution in [0.1, 0.15) is 17.3 Å². The Balaban J connectivity index is 1.89. The number of nitrogens with one attached hydrogen (secondary N) is 1. The molecule has 0 spiro atoms. The number of amides is 2. The third-order valence-electron chi connectivity index (χ3n) is 3.76.